The zero-order valence-corrected chi connectivity index (χ0v) is 13.4. The Morgan fingerprint density at radius 1 is 1.27 bits per heavy atom. The number of nitrogens with one attached hydrogen (secondary N) is 2. The molecule has 0 aliphatic rings. The maximum absolute atomic E-state index is 12.2. The number of halogens is 1. The Labute approximate surface area is 135 Å². The molecule has 2 rings (SSSR count). The molecule has 0 aliphatic heterocycles. The number of nitrogens with zero attached hydrogens (tertiary/aromatic N) is 2. The summed E-state index contributed by atoms with van der Waals surface area (Å²) in [6.07, 6.45) is 5.21. The summed E-state index contributed by atoms with van der Waals surface area (Å²) in [7, 11) is 0. The Kier molecular flexibility index (Phi) is 5.72. The number of unbranched alkanes of at least 4 members (excludes halogenated alkanes) is 1. The number of hydrogen-bond acceptors (Lipinski definition) is 4. The van der Waals surface area contributed by atoms with Gasteiger partial charge in [-0.3, -0.25) is 4.79 Å². The van der Waals surface area contributed by atoms with Crippen molar-refractivity contribution in [2.75, 3.05) is 17.2 Å². The Balaban J connectivity index is 2.02. The highest BCUT2D eigenvalue weighted by molar-refractivity contribution is 6.31. The minimum atomic E-state index is -0.307. The van der Waals surface area contributed by atoms with E-state index < -0.39 is 0 Å². The maximum atomic E-state index is 12.2. The molecule has 1 heterocycles. The van der Waals surface area contributed by atoms with Crippen LogP contribution in [0.3, 0.4) is 0 Å². The first-order valence-electron chi connectivity index (χ1n) is 7.24. The van der Waals surface area contributed by atoms with Crippen LogP contribution in [-0.2, 0) is 0 Å². The van der Waals surface area contributed by atoms with E-state index in [0.29, 0.717) is 16.5 Å². The van der Waals surface area contributed by atoms with Gasteiger partial charge in [-0.1, -0.05) is 31.0 Å². The molecule has 2 N–H and O–H groups in total. The molecular weight excluding hydrogens is 300 g/mol. The van der Waals surface area contributed by atoms with Crippen molar-refractivity contribution in [1.29, 1.82) is 0 Å². The van der Waals surface area contributed by atoms with E-state index in [9.17, 15) is 4.79 Å². The van der Waals surface area contributed by atoms with Gasteiger partial charge >= 0.3 is 0 Å². The van der Waals surface area contributed by atoms with E-state index in [-0.39, 0.29) is 11.6 Å². The van der Waals surface area contributed by atoms with Gasteiger partial charge in [0.1, 0.15) is 11.5 Å². The predicted octanol–water partition coefficient (Wildman–Crippen LogP) is 3.90. The van der Waals surface area contributed by atoms with Crippen LogP contribution in [0.15, 0.2) is 30.6 Å². The van der Waals surface area contributed by atoms with E-state index >= 15 is 0 Å². The zero-order chi connectivity index (χ0) is 15.9. The summed E-state index contributed by atoms with van der Waals surface area (Å²) in [5.74, 6) is 0.363. The molecule has 1 aromatic carbocycles. The first kappa shape index (κ1) is 16.2. The third-order valence-corrected chi connectivity index (χ3v) is 3.65. The van der Waals surface area contributed by atoms with Crippen molar-refractivity contribution in [3.8, 4) is 0 Å². The molecule has 1 aromatic heterocycles. The molecule has 0 unspecified atom stereocenters. The first-order chi connectivity index (χ1) is 10.6. The van der Waals surface area contributed by atoms with Crippen LogP contribution in [0.1, 0.15) is 35.8 Å². The molecule has 0 bridgehead atoms. The van der Waals surface area contributed by atoms with E-state index in [4.69, 9.17) is 11.6 Å². The van der Waals surface area contributed by atoms with Gasteiger partial charge in [-0.05, 0) is 31.0 Å². The van der Waals surface area contributed by atoms with Gasteiger partial charge in [0.15, 0.2) is 0 Å². The van der Waals surface area contributed by atoms with Crippen molar-refractivity contribution in [3.05, 3.63) is 46.9 Å². The number of carbonyl (C=O) groups is 1. The number of anilines is 2. The molecule has 6 heteroatoms. The van der Waals surface area contributed by atoms with Crippen molar-refractivity contribution in [2.24, 2.45) is 0 Å². The van der Waals surface area contributed by atoms with Gasteiger partial charge in [0.25, 0.3) is 5.91 Å². The molecule has 5 nitrogen and oxygen atoms in total. The van der Waals surface area contributed by atoms with Crippen LogP contribution in [0.2, 0.25) is 5.02 Å². The molecule has 0 saturated heterocycles. The highest BCUT2D eigenvalue weighted by atomic mass is 35.5. The van der Waals surface area contributed by atoms with E-state index in [1.807, 2.05) is 6.92 Å². The summed E-state index contributed by atoms with van der Waals surface area (Å²) in [5.41, 5.74) is 1.76. The SMILES string of the molecule is CCCCNc1cnc(C(=O)Nc2cccc(Cl)c2C)cn1. The Morgan fingerprint density at radius 2 is 2.09 bits per heavy atom. The highest BCUT2D eigenvalue weighted by Gasteiger charge is 2.10. The molecule has 1 amide bonds. The van der Waals surface area contributed by atoms with Gasteiger partial charge in [0.05, 0.1) is 12.4 Å². The van der Waals surface area contributed by atoms with Crippen molar-refractivity contribution in [1.82, 2.24) is 9.97 Å². The van der Waals surface area contributed by atoms with Crippen LogP contribution in [0.25, 0.3) is 0 Å². The van der Waals surface area contributed by atoms with Gasteiger partial charge in [-0.15, -0.1) is 0 Å². The Hall–Kier alpha value is -2.14. The second-order valence-electron chi connectivity index (χ2n) is 4.93. The second-order valence-corrected chi connectivity index (χ2v) is 5.34. The summed E-state index contributed by atoms with van der Waals surface area (Å²) in [6.45, 7) is 4.82. The summed E-state index contributed by atoms with van der Waals surface area (Å²) in [5, 5.41) is 6.56. The Morgan fingerprint density at radius 3 is 2.77 bits per heavy atom. The van der Waals surface area contributed by atoms with E-state index in [2.05, 4.69) is 27.5 Å². The van der Waals surface area contributed by atoms with Gasteiger partial charge in [0, 0.05) is 17.3 Å². The van der Waals surface area contributed by atoms with Gasteiger partial charge < -0.3 is 10.6 Å². The largest absolute Gasteiger partial charge is 0.369 e. The van der Waals surface area contributed by atoms with Crippen LogP contribution in [0, 0.1) is 6.92 Å². The lowest BCUT2D eigenvalue weighted by Crippen LogP contribution is -2.15. The van der Waals surface area contributed by atoms with Crippen molar-refractivity contribution < 1.29 is 4.79 Å². The quantitative estimate of drug-likeness (QED) is 0.793. The van der Waals surface area contributed by atoms with Gasteiger partial charge in [-0.2, -0.15) is 0 Å². The summed E-state index contributed by atoms with van der Waals surface area (Å²) in [4.78, 5) is 20.5. The smallest absolute Gasteiger partial charge is 0.275 e. The summed E-state index contributed by atoms with van der Waals surface area (Å²) in [6, 6.07) is 5.37. The lowest BCUT2D eigenvalue weighted by atomic mass is 10.2. The third kappa shape index (κ3) is 4.18. The lowest BCUT2D eigenvalue weighted by Gasteiger charge is -2.09. The van der Waals surface area contributed by atoms with Crippen LogP contribution in [0.4, 0.5) is 11.5 Å². The minimum absolute atomic E-state index is 0.264. The lowest BCUT2D eigenvalue weighted by molar-refractivity contribution is 0.102. The monoisotopic (exact) mass is 318 g/mol. The third-order valence-electron chi connectivity index (χ3n) is 3.24. The zero-order valence-electron chi connectivity index (χ0n) is 12.7. The van der Waals surface area contributed by atoms with E-state index in [1.54, 1.807) is 24.4 Å². The molecule has 22 heavy (non-hydrogen) atoms. The van der Waals surface area contributed by atoms with Crippen molar-refractivity contribution in [2.45, 2.75) is 26.7 Å². The second kappa shape index (κ2) is 7.75. The molecule has 0 saturated carbocycles. The van der Waals surface area contributed by atoms with Crippen molar-refractivity contribution >= 4 is 29.0 Å². The van der Waals surface area contributed by atoms with Crippen LogP contribution in [-0.4, -0.2) is 22.4 Å². The van der Waals surface area contributed by atoms with Crippen LogP contribution in [0.5, 0.6) is 0 Å². The normalized spacial score (nSPS) is 10.3. The van der Waals surface area contributed by atoms with Gasteiger partial charge in [-0.25, -0.2) is 9.97 Å². The predicted molar refractivity (Wildman–Crippen MR) is 89.6 cm³/mol. The Bertz CT molecular complexity index is 643. The highest BCUT2D eigenvalue weighted by Crippen LogP contribution is 2.23. The molecule has 0 radical (unpaired) electrons. The molecule has 2 aromatic rings. The fraction of sp³-hybridized carbons (Fsp3) is 0.312. The molecule has 0 spiro atoms. The number of aromatic nitrogens is 2. The number of amides is 1. The van der Waals surface area contributed by atoms with E-state index in [1.165, 1.54) is 6.20 Å². The number of benzene rings is 1. The van der Waals surface area contributed by atoms with Crippen molar-refractivity contribution in [3.63, 3.8) is 0 Å². The number of rotatable bonds is 6. The van der Waals surface area contributed by atoms with Crippen LogP contribution < -0.4 is 10.6 Å². The van der Waals surface area contributed by atoms with E-state index in [0.717, 1.165) is 24.9 Å². The maximum Gasteiger partial charge on any atom is 0.275 e. The van der Waals surface area contributed by atoms with Crippen LogP contribution >= 0.6 is 11.6 Å². The van der Waals surface area contributed by atoms with Gasteiger partial charge in [0.2, 0.25) is 0 Å². The molecule has 0 fully saturated rings. The summed E-state index contributed by atoms with van der Waals surface area (Å²) < 4.78 is 0. The first-order valence-corrected chi connectivity index (χ1v) is 7.62. The standard InChI is InChI=1S/C16H19ClN4O/c1-3-4-8-18-15-10-19-14(9-20-15)16(22)21-13-7-5-6-12(17)11(13)2/h5-7,9-10H,3-4,8H2,1-2H3,(H,18,20)(H,21,22). The molecule has 0 atom stereocenters. The topological polar surface area (TPSA) is 66.9 Å². The average Bonchev–Trinajstić information content (AvgIpc) is 2.53. The molecule has 116 valence electrons. The molecule has 0 aliphatic carbocycles. The molecular formula is C16H19ClN4O. The summed E-state index contributed by atoms with van der Waals surface area (Å²) >= 11 is 6.04. The number of hydrogen-bond donors (Lipinski definition) is 2. The number of carbonyl (C=O) groups excluding carboxylic acids is 1. The minimum Gasteiger partial charge on any atom is -0.369 e. The average molecular weight is 319 g/mol. The fourth-order valence-corrected chi connectivity index (χ4v) is 2.03. The fourth-order valence-electron chi connectivity index (χ4n) is 1.86.